The highest BCUT2D eigenvalue weighted by Gasteiger charge is 2.17. The SMILES string of the molecule is Cc1ccc(C(=O)c2ccc3c(c2)OCO3)cc1N. The zero-order chi connectivity index (χ0) is 13.4. The molecule has 0 unspecified atom stereocenters. The molecule has 4 heteroatoms. The van der Waals surface area contributed by atoms with Crippen LogP contribution in [-0.2, 0) is 0 Å². The number of anilines is 1. The van der Waals surface area contributed by atoms with Crippen molar-refractivity contribution in [2.24, 2.45) is 0 Å². The molecule has 0 saturated heterocycles. The lowest BCUT2D eigenvalue weighted by Crippen LogP contribution is -2.03. The zero-order valence-electron chi connectivity index (χ0n) is 10.5. The number of nitrogen functional groups attached to an aromatic ring is 1. The molecule has 0 aromatic heterocycles. The Morgan fingerprint density at radius 2 is 1.74 bits per heavy atom. The Morgan fingerprint density at radius 3 is 2.53 bits per heavy atom. The minimum absolute atomic E-state index is 0.0787. The van der Waals surface area contributed by atoms with Crippen LogP contribution in [0.4, 0.5) is 5.69 Å². The maximum atomic E-state index is 12.4. The summed E-state index contributed by atoms with van der Waals surface area (Å²) < 4.78 is 10.5. The molecule has 0 spiro atoms. The first kappa shape index (κ1) is 11.6. The van der Waals surface area contributed by atoms with E-state index in [0.717, 1.165) is 5.56 Å². The molecule has 0 saturated carbocycles. The van der Waals surface area contributed by atoms with Gasteiger partial charge in [0.25, 0.3) is 0 Å². The number of ether oxygens (including phenoxy) is 2. The number of benzene rings is 2. The van der Waals surface area contributed by atoms with Crippen molar-refractivity contribution in [1.29, 1.82) is 0 Å². The number of hydrogen-bond donors (Lipinski definition) is 1. The van der Waals surface area contributed by atoms with Crippen LogP contribution < -0.4 is 15.2 Å². The van der Waals surface area contributed by atoms with E-state index in [1.807, 2.05) is 13.0 Å². The molecule has 2 aromatic rings. The monoisotopic (exact) mass is 255 g/mol. The highest BCUT2D eigenvalue weighted by molar-refractivity contribution is 6.09. The highest BCUT2D eigenvalue weighted by Crippen LogP contribution is 2.33. The van der Waals surface area contributed by atoms with Gasteiger partial charge in [0.2, 0.25) is 6.79 Å². The summed E-state index contributed by atoms with van der Waals surface area (Å²) in [6, 6.07) is 10.5. The van der Waals surface area contributed by atoms with E-state index in [1.165, 1.54) is 0 Å². The van der Waals surface area contributed by atoms with Crippen LogP contribution in [0.2, 0.25) is 0 Å². The molecule has 2 aromatic carbocycles. The smallest absolute Gasteiger partial charge is 0.231 e. The number of hydrogen-bond acceptors (Lipinski definition) is 4. The first-order chi connectivity index (χ1) is 9.15. The maximum absolute atomic E-state index is 12.4. The van der Waals surface area contributed by atoms with E-state index in [4.69, 9.17) is 15.2 Å². The number of ketones is 1. The molecule has 96 valence electrons. The Labute approximate surface area is 110 Å². The number of aryl methyl sites for hydroxylation is 1. The third-order valence-corrected chi connectivity index (χ3v) is 3.18. The van der Waals surface area contributed by atoms with Gasteiger partial charge < -0.3 is 15.2 Å². The topological polar surface area (TPSA) is 61.5 Å². The summed E-state index contributed by atoms with van der Waals surface area (Å²) in [5.74, 6) is 1.19. The number of fused-ring (bicyclic) bond motifs is 1. The second-order valence-corrected chi connectivity index (χ2v) is 4.47. The van der Waals surface area contributed by atoms with Crippen molar-refractivity contribution in [3.8, 4) is 11.5 Å². The van der Waals surface area contributed by atoms with E-state index in [2.05, 4.69) is 0 Å². The van der Waals surface area contributed by atoms with E-state index in [9.17, 15) is 4.79 Å². The average Bonchev–Trinajstić information content (AvgIpc) is 2.88. The van der Waals surface area contributed by atoms with Gasteiger partial charge in [0.15, 0.2) is 17.3 Å². The normalized spacial score (nSPS) is 12.5. The van der Waals surface area contributed by atoms with Crippen LogP contribution in [0.15, 0.2) is 36.4 Å². The molecule has 0 fully saturated rings. The molecule has 1 heterocycles. The molecule has 2 N–H and O–H groups in total. The molecule has 19 heavy (non-hydrogen) atoms. The van der Waals surface area contributed by atoms with Crippen LogP contribution in [0.25, 0.3) is 0 Å². The van der Waals surface area contributed by atoms with Gasteiger partial charge in [-0.15, -0.1) is 0 Å². The fourth-order valence-corrected chi connectivity index (χ4v) is 1.99. The van der Waals surface area contributed by atoms with Crippen molar-refractivity contribution in [3.63, 3.8) is 0 Å². The fraction of sp³-hybridized carbons (Fsp3) is 0.133. The van der Waals surface area contributed by atoms with Crippen LogP contribution in [-0.4, -0.2) is 12.6 Å². The number of rotatable bonds is 2. The molecular formula is C15H13NO3. The largest absolute Gasteiger partial charge is 0.454 e. The minimum Gasteiger partial charge on any atom is -0.454 e. The summed E-state index contributed by atoms with van der Waals surface area (Å²) in [7, 11) is 0. The number of carbonyl (C=O) groups excluding carboxylic acids is 1. The van der Waals surface area contributed by atoms with Crippen LogP contribution in [0, 0.1) is 6.92 Å². The number of nitrogens with two attached hydrogens (primary N) is 1. The maximum Gasteiger partial charge on any atom is 0.231 e. The third kappa shape index (κ3) is 2.01. The van der Waals surface area contributed by atoms with E-state index < -0.39 is 0 Å². The molecule has 1 aliphatic heterocycles. The van der Waals surface area contributed by atoms with Gasteiger partial charge in [-0.05, 0) is 36.8 Å². The van der Waals surface area contributed by atoms with Gasteiger partial charge in [-0.1, -0.05) is 12.1 Å². The Morgan fingerprint density at radius 1 is 1.05 bits per heavy atom. The molecular weight excluding hydrogens is 242 g/mol. The van der Waals surface area contributed by atoms with Crippen molar-refractivity contribution in [2.45, 2.75) is 6.92 Å². The van der Waals surface area contributed by atoms with Gasteiger partial charge >= 0.3 is 0 Å². The van der Waals surface area contributed by atoms with Crippen LogP contribution in [0.1, 0.15) is 21.5 Å². The molecule has 1 aliphatic rings. The van der Waals surface area contributed by atoms with E-state index in [1.54, 1.807) is 30.3 Å². The fourth-order valence-electron chi connectivity index (χ4n) is 1.99. The van der Waals surface area contributed by atoms with Crippen LogP contribution in [0.5, 0.6) is 11.5 Å². The Kier molecular flexibility index (Phi) is 2.63. The molecule has 4 nitrogen and oxygen atoms in total. The van der Waals surface area contributed by atoms with Crippen LogP contribution >= 0.6 is 0 Å². The first-order valence-corrected chi connectivity index (χ1v) is 5.95. The lowest BCUT2D eigenvalue weighted by atomic mass is 10.0. The lowest BCUT2D eigenvalue weighted by molar-refractivity contribution is 0.103. The molecule has 0 radical (unpaired) electrons. The highest BCUT2D eigenvalue weighted by atomic mass is 16.7. The predicted molar refractivity (Wildman–Crippen MR) is 71.6 cm³/mol. The van der Waals surface area contributed by atoms with Gasteiger partial charge in [-0.2, -0.15) is 0 Å². The van der Waals surface area contributed by atoms with Gasteiger partial charge in [-0.25, -0.2) is 0 Å². The minimum atomic E-state index is -0.0787. The molecule has 0 atom stereocenters. The van der Waals surface area contributed by atoms with Gasteiger partial charge in [0.05, 0.1) is 0 Å². The first-order valence-electron chi connectivity index (χ1n) is 5.95. The van der Waals surface area contributed by atoms with E-state index in [0.29, 0.717) is 28.3 Å². The predicted octanol–water partition coefficient (Wildman–Crippen LogP) is 2.54. The molecule has 3 rings (SSSR count). The Balaban J connectivity index is 1.97. The van der Waals surface area contributed by atoms with Crippen molar-refractivity contribution in [3.05, 3.63) is 53.1 Å². The third-order valence-electron chi connectivity index (χ3n) is 3.18. The summed E-state index contributed by atoms with van der Waals surface area (Å²) in [4.78, 5) is 12.4. The van der Waals surface area contributed by atoms with Gasteiger partial charge in [-0.3, -0.25) is 4.79 Å². The van der Waals surface area contributed by atoms with E-state index in [-0.39, 0.29) is 12.6 Å². The standard InChI is InChI=1S/C15H13NO3/c1-9-2-3-10(6-12(9)16)15(17)11-4-5-13-14(7-11)19-8-18-13/h2-7H,8,16H2,1H3. The molecule has 0 amide bonds. The average molecular weight is 255 g/mol. The summed E-state index contributed by atoms with van der Waals surface area (Å²) in [5.41, 5.74) is 8.54. The van der Waals surface area contributed by atoms with Crippen molar-refractivity contribution < 1.29 is 14.3 Å². The van der Waals surface area contributed by atoms with E-state index >= 15 is 0 Å². The zero-order valence-corrected chi connectivity index (χ0v) is 10.5. The Hall–Kier alpha value is -2.49. The summed E-state index contributed by atoms with van der Waals surface area (Å²) in [6.45, 7) is 2.11. The van der Waals surface area contributed by atoms with Crippen LogP contribution in [0.3, 0.4) is 0 Å². The van der Waals surface area contributed by atoms with Gasteiger partial charge in [0.1, 0.15) is 0 Å². The van der Waals surface area contributed by atoms with Gasteiger partial charge in [0, 0.05) is 16.8 Å². The molecule has 0 aliphatic carbocycles. The summed E-state index contributed by atoms with van der Waals surface area (Å²) in [5, 5.41) is 0. The Bertz CT molecular complexity index is 664. The second-order valence-electron chi connectivity index (χ2n) is 4.47. The summed E-state index contributed by atoms with van der Waals surface area (Å²) in [6.07, 6.45) is 0. The van der Waals surface area contributed by atoms with Crippen molar-refractivity contribution in [1.82, 2.24) is 0 Å². The number of carbonyl (C=O) groups is 1. The second kappa shape index (κ2) is 4.31. The van der Waals surface area contributed by atoms with Crippen molar-refractivity contribution in [2.75, 3.05) is 12.5 Å². The lowest BCUT2D eigenvalue weighted by Gasteiger charge is -2.05. The quantitative estimate of drug-likeness (QED) is 0.661. The van der Waals surface area contributed by atoms with Crippen molar-refractivity contribution >= 4 is 11.5 Å². The molecule has 0 bridgehead atoms. The summed E-state index contributed by atoms with van der Waals surface area (Å²) >= 11 is 0.